The summed E-state index contributed by atoms with van der Waals surface area (Å²) in [6, 6.07) is 12.0. The summed E-state index contributed by atoms with van der Waals surface area (Å²) in [7, 11) is 0. The molecule has 0 bridgehead atoms. The smallest absolute Gasteiger partial charge is 0.163 e. The normalized spacial score (nSPS) is 11.1. The molecule has 19 heavy (non-hydrogen) atoms. The highest BCUT2D eigenvalue weighted by Gasteiger charge is 2.11. The summed E-state index contributed by atoms with van der Waals surface area (Å²) in [5, 5.41) is 4.16. The number of nitrogens with zero attached hydrogens (tertiary/aromatic N) is 3. The van der Waals surface area contributed by atoms with Gasteiger partial charge in [0.1, 0.15) is 12.1 Å². The Balaban J connectivity index is 2.18. The summed E-state index contributed by atoms with van der Waals surface area (Å²) in [5.41, 5.74) is 2.90. The molecule has 0 aliphatic heterocycles. The van der Waals surface area contributed by atoms with Crippen molar-refractivity contribution in [2.75, 3.05) is 0 Å². The molecule has 0 aliphatic carbocycles. The van der Waals surface area contributed by atoms with Crippen molar-refractivity contribution in [2.45, 2.75) is 20.0 Å². The van der Waals surface area contributed by atoms with Crippen LogP contribution in [0.4, 0.5) is 0 Å². The Morgan fingerprint density at radius 3 is 2.68 bits per heavy atom. The molecule has 0 saturated carbocycles. The molecule has 0 N–H and O–H groups in total. The number of hydrogen-bond donors (Lipinski definition) is 0. The summed E-state index contributed by atoms with van der Waals surface area (Å²) in [6.07, 6.45) is 3.58. The van der Waals surface area contributed by atoms with E-state index in [-0.39, 0.29) is 6.10 Å². The van der Waals surface area contributed by atoms with Crippen molar-refractivity contribution in [3.8, 4) is 16.9 Å². The second-order valence-corrected chi connectivity index (χ2v) is 4.61. The number of pyridine rings is 1. The Labute approximate surface area is 111 Å². The van der Waals surface area contributed by atoms with Gasteiger partial charge in [0, 0.05) is 17.3 Å². The summed E-state index contributed by atoms with van der Waals surface area (Å²) in [6.45, 7) is 4.04. The second-order valence-electron chi connectivity index (χ2n) is 4.61. The van der Waals surface area contributed by atoms with Gasteiger partial charge < -0.3 is 4.74 Å². The second kappa shape index (κ2) is 4.72. The molecule has 0 spiro atoms. The largest absolute Gasteiger partial charge is 0.490 e. The first kappa shape index (κ1) is 11.7. The number of ether oxygens (including phenoxy) is 1. The molecule has 2 aromatic heterocycles. The highest BCUT2D eigenvalue weighted by atomic mass is 16.5. The third kappa shape index (κ3) is 2.17. The van der Waals surface area contributed by atoms with E-state index >= 15 is 0 Å². The van der Waals surface area contributed by atoms with Crippen molar-refractivity contribution in [3.05, 3.63) is 48.9 Å². The van der Waals surface area contributed by atoms with E-state index in [1.165, 1.54) is 0 Å². The van der Waals surface area contributed by atoms with Crippen molar-refractivity contribution in [1.82, 2.24) is 14.6 Å². The average Bonchev–Trinajstić information content (AvgIpc) is 2.87. The van der Waals surface area contributed by atoms with E-state index in [4.69, 9.17) is 4.74 Å². The van der Waals surface area contributed by atoms with Crippen molar-refractivity contribution in [1.29, 1.82) is 0 Å². The first-order chi connectivity index (χ1) is 9.25. The molecule has 3 rings (SSSR count). The lowest BCUT2D eigenvalue weighted by molar-refractivity contribution is 0.243. The van der Waals surface area contributed by atoms with Crippen LogP contribution in [-0.4, -0.2) is 20.7 Å². The molecule has 0 unspecified atom stereocenters. The van der Waals surface area contributed by atoms with Crippen LogP contribution in [0.1, 0.15) is 13.8 Å². The third-order valence-corrected chi connectivity index (χ3v) is 2.84. The monoisotopic (exact) mass is 253 g/mol. The Hall–Kier alpha value is -2.36. The lowest BCUT2D eigenvalue weighted by Crippen LogP contribution is -2.06. The van der Waals surface area contributed by atoms with Gasteiger partial charge in [-0.3, -0.25) is 0 Å². The predicted octanol–water partition coefficient (Wildman–Crippen LogP) is 3.18. The van der Waals surface area contributed by atoms with Gasteiger partial charge in [0.05, 0.1) is 6.10 Å². The zero-order chi connectivity index (χ0) is 13.2. The van der Waals surface area contributed by atoms with Crippen LogP contribution in [0.3, 0.4) is 0 Å². The Kier molecular flexibility index (Phi) is 2.91. The van der Waals surface area contributed by atoms with Gasteiger partial charge in [0.25, 0.3) is 0 Å². The number of aromatic nitrogens is 3. The van der Waals surface area contributed by atoms with E-state index < -0.39 is 0 Å². The maximum atomic E-state index is 5.87. The summed E-state index contributed by atoms with van der Waals surface area (Å²) in [5.74, 6) is 0.869. The molecule has 2 heterocycles. The Morgan fingerprint density at radius 1 is 1.05 bits per heavy atom. The molecule has 4 heteroatoms. The molecule has 4 nitrogen and oxygen atoms in total. The zero-order valence-electron chi connectivity index (χ0n) is 10.9. The van der Waals surface area contributed by atoms with Crippen molar-refractivity contribution in [3.63, 3.8) is 0 Å². The fraction of sp³-hybridized carbons (Fsp3) is 0.200. The first-order valence-electron chi connectivity index (χ1n) is 6.30. The number of benzene rings is 1. The lowest BCUT2D eigenvalue weighted by atomic mass is 10.1. The highest BCUT2D eigenvalue weighted by molar-refractivity contribution is 5.81. The molecule has 0 radical (unpaired) electrons. The standard InChI is InChI=1S/C15H15N3O/c1-11(2)19-14-8-4-3-6-12(14)13-7-5-9-18-15(13)16-10-17-18/h3-11H,1-2H3. The molecule has 3 aromatic rings. The SMILES string of the molecule is CC(C)Oc1ccccc1-c1cccn2ncnc12. The summed E-state index contributed by atoms with van der Waals surface area (Å²) >= 11 is 0. The van der Waals surface area contributed by atoms with Crippen LogP contribution in [0.5, 0.6) is 5.75 Å². The zero-order valence-corrected chi connectivity index (χ0v) is 10.9. The molecule has 0 saturated heterocycles. The fourth-order valence-corrected chi connectivity index (χ4v) is 2.10. The maximum absolute atomic E-state index is 5.87. The third-order valence-electron chi connectivity index (χ3n) is 2.84. The Morgan fingerprint density at radius 2 is 1.84 bits per heavy atom. The number of hydrogen-bond acceptors (Lipinski definition) is 3. The van der Waals surface area contributed by atoms with Crippen LogP contribution in [0.25, 0.3) is 16.8 Å². The molecule has 0 fully saturated rings. The van der Waals surface area contributed by atoms with Crippen LogP contribution < -0.4 is 4.74 Å². The van der Waals surface area contributed by atoms with Crippen molar-refractivity contribution >= 4 is 5.65 Å². The minimum Gasteiger partial charge on any atom is -0.490 e. The van der Waals surface area contributed by atoms with E-state index in [0.29, 0.717) is 0 Å². The molecule has 0 aliphatic rings. The van der Waals surface area contributed by atoms with Gasteiger partial charge in [0.2, 0.25) is 0 Å². The van der Waals surface area contributed by atoms with Gasteiger partial charge >= 0.3 is 0 Å². The van der Waals surface area contributed by atoms with E-state index in [2.05, 4.69) is 10.1 Å². The van der Waals surface area contributed by atoms with Crippen LogP contribution >= 0.6 is 0 Å². The van der Waals surface area contributed by atoms with Gasteiger partial charge in [-0.05, 0) is 32.0 Å². The van der Waals surface area contributed by atoms with Crippen LogP contribution in [0, 0.1) is 0 Å². The first-order valence-corrected chi connectivity index (χ1v) is 6.30. The highest BCUT2D eigenvalue weighted by Crippen LogP contribution is 2.32. The van der Waals surface area contributed by atoms with E-state index in [1.807, 2.05) is 56.4 Å². The number of rotatable bonds is 3. The van der Waals surface area contributed by atoms with Gasteiger partial charge in [-0.1, -0.05) is 18.2 Å². The molecule has 96 valence electrons. The average molecular weight is 253 g/mol. The fourth-order valence-electron chi connectivity index (χ4n) is 2.10. The summed E-state index contributed by atoms with van der Waals surface area (Å²) < 4.78 is 7.63. The number of fused-ring (bicyclic) bond motifs is 1. The van der Waals surface area contributed by atoms with Gasteiger partial charge in [0.15, 0.2) is 5.65 Å². The quantitative estimate of drug-likeness (QED) is 0.719. The lowest BCUT2D eigenvalue weighted by Gasteiger charge is -2.14. The summed E-state index contributed by atoms with van der Waals surface area (Å²) in [4.78, 5) is 4.31. The minimum absolute atomic E-state index is 0.138. The minimum atomic E-state index is 0.138. The van der Waals surface area contributed by atoms with Gasteiger partial charge in [-0.15, -0.1) is 0 Å². The van der Waals surface area contributed by atoms with Gasteiger partial charge in [-0.25, -0.2) is 9.50 Å². The Bertz CT molecular complexity index is 703. The van der Waals surface area contributed by atoms with E-state index in [9.17, 15) is 0 Å². The topological polar surface area (TPSA) is 39.4 Å². The van der Waals surface area contributed by atoms with Crippen molar-refractivity contribution in [2.24, 2.45) is 0 Å². The predicted molar refractivity (Wildman–Crippen MR) is 74.2 cm³/mol. The van der Waals surface area contributed by atoms with Crippen LogP contribution in [0.2, 0.25) is 0 Å². The van der Waals surface area contributed by atoms with Crippen molar-refractivity contribution < 1.29 is 4.74 Å². The molecule has 0 amide bonds. The van der Waals surface area contributed by atoms with Crippen LogP contribution in [-0.2, 0) is 0 Å². The van der Waals surface area contributed by atoms with Gasteiger partial charge in [-0.2, -0.15) is 5.10 Å². The number of para-hydroxylation sites is 1. The van der Waals surface area contributed by atoms with E-state index in [0.717, 1.165) is 22.5 Å². The molecule has 1 aromatic carbocycles. The molecular weight excluding hydrogens is 238 g/mol. The molecule has 0 atom stereocenters. The maximum Gasteiger partial charge on any atom is 0.163 e. The molecular formula is C15H15N3O. The van der Waals surface area contributed by atoms with Crippen LogP contribution in [0.15, 0.2) is 48.9 Å². The van der Waals surface area contributed by atoms with E-state index in [1.54, 1.807) is 10.8 Å².